The first-order valence-corrected chi connectivity index (χ1v) is 4.16. The van der Waals surface area contributed by atoms with Crippen molar-refractivity contribution >= 4 is 11.7 Å². The fourth-order valence-corrected chi connectivity index (χ4v) is 0.826. The molecule has 0 aromatic carbocycles. The van der Waals surface area contributed by atoms with Gasteiger partial charge in [-0.05, 0) is 6.92 Å². The van der Waals surface area contributed by atoms with Crippen LogP contribution < -0.4 is 11.1 Å². The van der Waals surface area contributed by atoms with E-state index < -0.39 is 0 Å². The van der Waals surface area contributed by atoms with Gasteiger partial charge in [-0.3, -0.25) is 9.89 Å². The highest BCUT2D eigenvalue weighted by Gasteiger charge is 2.12. The van der Waals surface area contributed by atoms with E-state index in [0.717, 1.165) is 5.56 Å². The third-order valence-electron chi connectivity index (χ3n) is 1.88. The number of carbonyl (C=O) groups is 1. The summed E-state index contributed by atoms with van der Waals surface area (Å²) in [4.78, 5) is 11.4. The van der Waals surface area contributed by atoms with Gasteiger partial charge in [0.25, 0.3) is 0 Å². The van der Waals surface area contributed by atoms with Crippen LogP contribution >= 0.6 is 0 Å². The lowest BCUT2D eigenvalue weighted by molar-refractivity contribution is -0.119. The van der Waals surface area contributed by atoms with Gasteiger partial charge in [-0.1, -0.05) is 6.92 Å². The van der Waals surface area contributed by atoms with E-state index in [1.807, 2.05) is 6.92 Å². The summed E-state index contributed by atoms with van der Waals surface area (Å²) in [6, 6.07) is 0. The monoisotopic (exact) mass is 182 g/mol. The van der Waals surface area contributed by atoms with Gasteiger partial charge in [0.15, 0.2) is 0 Å². The SMILES string of the molecule is Cc1cn[nH]c1NC(=O)C(C)CN. The van der Waals surface area contributed by atoms with Crippen molar-refractivity contribution < 1.29 is 4.79 Å². The summed E-state index contributed by atoms with van der Waals surface area (Å²) in [6.45, 7) is 3.99. The Morgan fingerprint density at radius 3 is 3.00 bits per heavy atom. The van der Waals surface area contributed by atoms with Crippen LogP contribution in [0.2, 0.25) is 0 Å². The fraction of sp³-hybridized carbons (Fsp3) is 0.500. The van der Waals surface area contributed by atoms with Gasteiger partial charge in [-0.25, -0.2) is 0 Å². The van der Waals surface area contributed by atoms with Crippen LogP contribution in [0.25, 0.3) is 0 Å². The normalized spacial score (nSPS) is 12.5. The number of nitrogens with zero attached hydrogens (tertiary/aromatic N) is 1. The van der Waals surface area contributed by atoms with Gasteiger partial charge in [-0.2, -0.15) is 5.10 Å². The predicted molar refractivity (Wildman–Crippen MR) is 50.2 cm³/mol. The number of aromatic nitrogens is 2. The van der Waals surface area contributed by atoms with Gasteiger partial charge < -0.3 is 11.1 Å². The lowest BCUT2D eigenvalue weighted by Gasteiger charge is -2.08. The van der Waals surface area contributed by atoms with Crippen LogP contribution in [0.3, 0.4) is 0 Å². The Hall–Kier alpha value is -1.36. The molecule has 0 aliphatic rings. The molecule has 0 fully saturated rings. The average Bonchev–Trinajstić information content (AvgIpc) is 2.50. The summed E-state index contributed by atoms with van der Waals surface area (Å²) < 4.78 is 0. The molecule has 0 spiro atoms. The van der Waals surface area contributed by atoms with Crippen molar-refractivity contribution in [1.82, 2.24) is 10.2 Å². The molecule has 0 bridgehead atoms. The van der Waals surface area contributed by atoms with Gasteiger partial charge in [0.2, 0.25) is 5.91 Å². The third kappa shape index (κ3) is 2.29. The van der Waals surface area contributed by atoms with Crippen LogP contribution in [0.4, 0.5) is 5.82 Å². The highest BCUT2D eigenvalue weighted by Crippen LogP contribution is 2.09. The molecule has 1 rings (SSSR count). The summed E-state index contributed by atoms with van der Waals surface area (Å²) in [5, 5.41) is 9.19. The van der Waals surface area contributed by atoms with Gasteiger partial charge in [0, 0.05) is 18.0 Å². The van der Waals surface area contributed by atoms with Crippen molar-refractivity contribution in [2.75, 3.05) is 11.9 Å². The summed E-state index contributed by atoms with van der Waals surface area (Å²) in [7, 11) is 0. The van der Waals surface area contributed by atoms with Crippen LogP contribution in [-0.4, -0.2) is 22.6 Å². The van der Waals surface area contributed by atoms with Crippen LogP contribution in [0.15, 0.2) is 6.20 Å². The number of amides is 1. The number of aryl methyl sites for hydroxylation is 1. The minimum Gasteiger partial charge on any atom is -0.330 e. The first-order chi connectivity index (χ1) is 6.15. The smallest absolute Gasteiger partial charge is 0.229 e. The molecule has 0 saturated heterocycles. The van der Waals surface area contributed by atoms with E-state index in [-0.39, 0.29) is 11.8 Å². The molecule has 5 heteroatoms. The van der Waals surface area contributed by atoms with Gasteiger partial charge >= 0.3 is 0 Å². The lowest BCUT2D eigenvalue weighted by Crippen LogP contribution is -2.27. The molecule has 13 heavy (non-hydrogen) atoms. The Kier molecular flexibility index (Phi) is 3.02. The van der Waals surface area contributed by atoms with Crippen molar-refractivity contribution in [1.29, 1.82) is 0 Å². The van der Waals surface area contributed by atoms with E-state index in [1.165, 1.54) is 0 Å². The lowest BCUT2D eigenvalue weighted by atomic mass is 10.1. The zero-order chi connectivity index (χ0) is 9.84. The van der Waals surface area contributed by atoms with Crippen LogP contribution in [0, 0.1) is 12.8 Å². The van der Waals surface area contributed by atoms with E-state index >= 15 is 0 Å². The van der Waals surface area contributed by atoms with E-state index in [2.05, 4.69) is 15.5 Å². The minimum atomic E-state index is -0.178. The zero-order valence-corrected chi connectivity index (χ0v) is 7.79. The number of nitrogens with two attached hydrogens (primary N) is 1. The van der Waals surface area contributed by atoms with Crippen molar-refractivity contribution in [3.63, 3.8) is 0 Å². The molecule has 1 aromatic rings. The van der Waals surface area contributed by atoms with E-state index in [1.54, 1.807) is 13.1 Å². The molecule has 0 radical (unpaired) electrons. The average molecular weight is 182 g/mol. The Bertz CT molecular complexity index is 294. The number of anilines is 1. The quantitative estimate of drug-likeness (QED) is 0.626. The number of nitrogens with one attached hydrogen (secondary N) is 2. The Balaban J connectivity index is 2.60. The minimum absolute atomic E-state index is 0.0881. The molecular weight excluding hydrogens is 168 g/mol. The van der Waals surface area contributed by atoms with E-state index in [4.69, 9.17) is 5.73 Å². The number of rotatable bonds is 3. The second-order valence-corrected chi connectivity index (χ2v) is 3.05. The topological polar surface area (TPSA) is 83.8 Å². The summed E-state index contributed by atoms with van der Waals surface area (Å²) >= 11 is 0. The first-order valence-electron chi connectivity index (χ1n) is 4.16. The second kappa shape index (κ2) is 4.04. The largest absolute Gasteiger partial charge is 0.330 e. The van der Waals surface area contributed by atoms with Crippen LogP contribution in [0.5, 0.6) is 0 Å². The maximum Gasteiger partial charge on any atom is 0.229 e. The van der Waals surface area contributed by atoms with Crippen molar-refractivity contribution in [3.05, 3.63) is 11.8 Å². The molecule has 0 saturated carbocycles. The van der Waals surface area contributed by atoms with E-state index in [0.29, 0.717) is 12.4 Å². The number of hydrogen-bond donors (Lipinski definition) is 3. The molecule has 1 heterocycles. The maximum absolute atomic E-state index is 11.4. The number of carbonyl (C=O) groups excluding carboxylic acids is 1. The number of hydrogen-bond acceptors (Lipinski definition) is 3. The molecule has 1 atom stereocenters. The summed E-state index contributed by atoms with van der Waals surface area (Å²) in [6.07, 6.45) is 1.66. The Labute approximate surface area is 76.7 Å². The molecule has 72 valence electrons. The molecular formula is C8H14N4O. The van der Waals surface area contributed by atoms with Crippen molar-refractivity contribution in [3.8, 4) is 0 Å². The second-order valence-electron chi connectivity index (χ2n) is 3.05. The van der Waals surface area contributed by atoms with Gasteiger partial charge in [0.05, 0.1) is 6.20 Å². The Morgan fingerprint density at radius 2 is 2.54 bits per heavy atom. The highest BCUT2D eigenvalue weighted by atomic mass is 16.1. The molecule has 4 N–H and O–H groups in total. The molecule has 5 nitrogen and oxygen atoms in total. The summed E-state index contributed by atoms with van der Waals surface area (Å²) in [5.74, 6) is 0.378. The molecule has 0 aliphatic carbocycles. The van der Waals surface area contributed by atoms with Gasteiger partial charge in [0.1, 0.15) is 5.82 Å². The summed E-state index contributed by atoms with van der Waals surface area (Å²) in [5.41, 5.74) is 6.27. The van der Waals surface area contributed by atoms with Crippen LogP contribution in [-0.2, 0) is 4.79 Å². The fourth-order valence-electron chi connectivity index (χ4n) is 0.826. The molecule has 1 unspecified atom stereocenters. The number of H-pyrrole nitrogens is 1. The first kappa shape index (κ1) is 9.73. The van der Waals surface area contributed by atoms with Crippen molar-refractivity contribution in [2.24, 2.45) is 11.7 Å². The highest BCUT2D eigenvalue weighted by molar-refractivity contribution is 5.92. The molecule has 1 amide bonds. The molecule has 1 aromatic heterocycles. The van der Waals surface area contributed by atoms with Crippen molar-refractivity contribution in [2.45, 2.75) is 13.8 Å². The standard InChI is InChI=1S/C8H14N4O/c1-5(3-9)8(13)11-7-6(2)4-10-12-7/h4-5H,3,9H2,1-2H3,(H2,10,11,12,13). The van der Waals surface area contributed by atoms with Gasteiger partial charge in [-0.15, -0.1) is 0 Å². The maximum atomic E-state index is 11.4. The Morgan fingerprint density at radius 1 is 1.85 bits per heavy atom. The third-order valence-corrected chi connectivity index (χ3v) is 1.88. The predicted octanol–water partition coefficient (Wildman–Crippen LogP) is 0.251. The number of aromatic amines is 1. The van der Waals surface area contributed by atoms with E-state index in [9.17, 15) is 4.79 Å². The molecule has 0 aliphatic heterocycles. The zero-order valence-electron chi connectivity index (χ0n) is 7.79. The van der Waals surface area contributed by atoms with Crippen LogP contribution in [0.1, 0.15) is 12.5 Å².